The molecule has 0 bridgehead atoms. The molecule has 140 valence electrons. The maximum Gasteiger partial charge on any atom is 0.257 e. The summed E-state index contributed by atoms with van der Waals surface area (Å²) in [6.07, 6.45) is 2.64. The minimum Gasteiger partial charge on any atom is -0.337 e. The number of H-pyrrole nitrogens is 1. The minimum absolute atomic E-state index is 0. The molecule has 1 aromatic carbocycles. The summed E-state index contributed by atoms with van der Waals surface area (Å²) in [4.78, 5) is 17.5. The number of aromatic amines is 1. The summed E-state index contributed by atoms with van der Waals surface area (Å²) in [5.41, 5.74) is 2.10. The molecule has 2 aliphatic heterocycles. The van der Waals surface area contributed by atoms with E-state index < -0.39 is 0 Å². The second-order valence-electron chi connectivity index (χ2n) is 6.62. The van der Waals surface area contributed by atoms with E-state index in [1.54, 1.807) is 6.20 Å². The van der Waals surface area contributed by atoms with Crippen LogP contribution in [-0.4, -0.2) is 71.2 Å². The van der Waals surface area contributed by atoms with Gasteiger partial charge in [0.25, 0.3) is 5.91 Å². The van der Waals surface area contributed by atoms with Gasteiger partial charge in [-0.2, -0.15) is 5.10 Å². The molecule has 0 saturated carbocycles. The predicted molar refractivity (Wildman–Crippen MR) is 105 cm³/mol. The fourth-order valence-corrected chi connectivity index (χ4v) is 3.99. The van der Waals surface area contributed by atoms with Gasteiger partial charge in [-0.05, 0) is 12.5 Å². The molecule has 2 N–H and O–H groups in total. The SMILES string of the molecule is Cl.O=C(c1cn[nH]c1-c1ccccc1Cl)N1CCC(N2CCNCC2)C1. The van der Waals surface area contributed by atoms with E-state index in [-0.39, 0.29) is 18.3 Å². The molecule has 1 atom stereocenters. The normalized spacial score (nSPS) is 20.8. The lowest BCUT2D eigenvalue weighted by Gasteiger charge is -2.32. The monoisotopic (exact) mass is 395 g/mol. The van der Waals surface area contributed by atoms with Gasteiger partial charge in [-0.1, -0.05) is 29.8 Å². The molecular weight excluding hydrogens is 373 g/mol. The van der Waals surface area contributed by atoms with Crippen LogP contribution < -0.4 is 5.32 Å². The average molecular weight is 396 g/mol. The number of rotatable bonds is 3. The third-order valence-electron chi connectivity index (χ3n) is 5.13. The fraction of sp³-hybridized carbons (Fsp3) is 0.444. The third-order valence-corrected chi connectivity index (χ3v) is 5.46. The second-order valence-corrected chi connectivity index (χ2v) is 7.03. The fourth-order valence-electron chi connectivity index (χ4n) is 3.76. The van der Waals surface area contributed by atoms with Gasteiger partial charge in [0.1, 0.15) is 0 Å². The largest absolute Gasteiger partial charge is 0.337 e. The van der Waals surface area contributed by atoms with E-state index >= 15 is 0 Å². The second kappa shape index (κ2) is 8.39. The van der Waals surface area contributed by atoms with E-state index in [2.05, 4.69) is 20.4 Å². The number of nitrogens with one attached hydrogen (secondary N) is 2. The molecule has 0 spiro atoms. The highest BCUT2D eigenvalue weighted by Gasteiger charge is 2.32. The number of carbonyl (C=O) groups is 1. The lowest BCUT2D eigenvalue weighted by atomic mass is 10.1. The van der Waals surface area contributed by atoms with Crippen LogP contribution in [-0.2, 0) is 0 Å². The first kappa shape index (κ1) is 19.2. The van der Waals surface area contributed by atoms with Gasteiger partial charge in [0.05, 0.1) is 17.5 Å². The van der Waals surface area contributed by atoms with Crippen molar-refractivity contribution in [2.24, 2.45) is 0 Å². The van der Waals surface area contributed by atoms with Crippen LogP contribution in [0.15, 0.2) is 30.5 Å². The Kier molecular flexibility index (Phi) is 6.19. The van der Waals surface area contributed by atoms with Crippen LogP contribution >= 0.6 is 24.0 Å². The van der Waals surface area contributed by atoms with Crippen LogP contribution in [0.25, 0.3) is 11.3 Å². The summed E-state index contributed by atoms with van der Waals surface area (Å²) >= 11 is 6.29. The van der Waals surface area contributed by atoms with Gasteiger partial charge in [-0.3, -0.25) is 14.8 Å². The maximum atomic E-state index is 13.0. The zero-order valence-corrected chi connectivity index (χ0v) is 16.0. The van der Waals surface area contributed by atoms with Crippen molar-refractivity contribution in [3.8, 4) is 11.3 Å². The first-order valence-corrected chi connectivity index (χ1v) is 9.14. The zero-order chi connectivity index (χ0) is 17.2. The molecule has 2 aromatic rings. The van der Waals surface area contributed by atoms with E-state index in [1.807, 2.05) is 29.2 Å². The number of halogens is 2. The number of benzene rings is 1. The Hall–Kier alpha value is -1.60. The number of amides is 1. The van der Waals surface area contributed by atoms with E-state index in [0.717, 1.165) is 51.3 Å². The topological polar surface area (TPSA) is 64.3 Å². The highest BCUT2D eigenvalue weighted by atomic mass is 35.5. The van der Waals surface area contributed by atoms with Gasteiger partial charge in [-0.25, -0.2) is 0 Å². The molecule has 26 heavy (non-hydrogen) atoms. The number of carbonyl (C=O) groups excluding carboxylic acids is 1. The summed E-state index contributed by atoms with van der Waals surface area (Å²) in [5, 5.41) is 11.0. The number of nitrogens with zero attached hydrogens (tertiary/aromatic N) is 3. The molecule has 1 unspecified atom stereocenters. The van der Waals surface area contributed by atoms with Gasteiger partial charge in [0.2, 0.25) is 0 Å². The third kappa shape index (κ3) is 3.74. The van der Waals surface area contributed by atoms with Crippen molar-refractivity contribution < 1.29 is 4.79 Å². The first-order chi connectivity index (χ1) is 12.2. The smallest absolute Gasteiger partial charge is 0.257 e. The average Bonchev–Trinajstić information content (AvgIpc) is 3.32. The molecule has 0 aliphatic carbocycles. The predicted octanol–water partition coefficient (Wildman–Crippen LogP) is 2.27. The first-order valence-electron chi connectivity index (χ1n) is 8.76. The van der Waals surface area contributed by atoms with E-state index in [4.69, 9.17) is 11.6 Å². The van der Waals surface area contributed by atoms with Crippen molar-refractivity contribution in [1.29, 1.82) is 0 Å². The van der Waals surface area contributed by atoms with Crippen molar-refractivity contribution in [3.63, 3.8) is 0 Å². The number of aromatic nitrogens is 2. The molecule has 1 amide bonds. The minimum atomic E-state index is 0. The molecule has 2 saturated heterocycles. The Labute approximate surface area is 164 Å². The highest BCUT2D eigenvalue weighted by molar-refractivity contribution is 6.33. The van der Waals surface area contributed by atoms with E-state index in [9.17, 15) is 4.79 Å². The van der Waals surface area contributed by atoms with Crippen molar-refractivity contribution in [3.05, 3.63) is 41.0 Å². The van der Waals surface area contributed by atoms with Crippen molar-refractivity contribution in [2.45, 2.75) is 12.5 Å². The Bertz CT molecular complexity index is 760. The molecule has 0 radical (unpaired) electrons. The van der Waals surface area contributed by atoms with Crippen LogP contribution in [0.3, 0.4) is 0 Å². The molecular formula is C18H23Cl2N5O. The standard InChI is InChI=1S/C18H22ClN5O.ClH/c19-16-4-2-1-3-14(16)17-15(11-21-22-17)18(25)24-8-5-13(12-24)23-9-6-20-7-10-23;/h1-4,11,13,20H,5-10,12H2,(H,21,22);1H. The van der Waals surface area contributed by atoms with Crippen LogP contribution in [0.2, 0.25) is 5.02 Å². The molecule has 2 aliphatic rings. The number of hydrogen-bond acceptors (Lipinski definition) is 4. The summed E-state index contributed by atoms with van der Waals surface area (Å²) in [7, 11) is 0. The molecule has 2 fully saturated rings. The van der Waals surface area contributed by atoms with Crippen LogP contribution in [0, 0.1) is 0 Å². The van der Waals surface area contributed by atoms with Gasteiger partial charge >= 0.3 is 0 Å². The van der Waals surface area contributed by atoms with Gasteiger partial charge in [-0.15, -0.1) is 12.4 Å². The molecule has 8 heteroatoms. The lowest BCUT2D eigenvalue weighted by molar-refractivity contribution is 0.0774. The van der Waals surface area contributed by atoms with Gasteiger partial charge < -0.3 is 10.2 Å². The summed E-state index contributed by atoms with van der Waals surface area (Å²) in [6, 6.07) is 7.97. The molecule has 3 heterocycles. The van der Waals surface area contributed by atoms with Gasteiger partial charge in [0.15, 0.2) is 0 Å². The van der Waals surface area contributed by atoms with E-state index in [1.165, 1.54) is 0 Å². The summed E-state index contributed by atoms with van der Waals surface area (Å²) in [5.74, 6) is 0.0290. The Morgan fingerprint density at radius 1 is 1.19 bits per heavy atom. The van der Waals surface area contributed by atoms with Crippen LogP contribution in [0.1, 0.15) is 16.8 Å². The van der Waals surface area contributed by atoms with Crippen molar-refractivity contribution in [1.82, 2.24) is 25.3 Å². The van der Waals surface area contributed by atoms with Crippen molar-refractivity contribution in [2.75, 3.05) is 39.3 Å². The number of piperazine rings is 1. The number of likely N-dealkylation sites (tertiary alicyclic amines) is 1. The maximum absolute atomic E-state index is 13.0. The molecule has 4 rings (SSSR count). The Morgan fingerprint density at radius 2 is 1.96 bits per heavy atom. The number of hydrogen-bond donors (Lipinski definition) is 2. The molecule has 1 aromatic heterocycles. The highest BCUT2D eigenvalue weighted by Crippen LogP contribution is 2.30. The van der Waals surface area contributed by atoms with E-state index in [0.29, 0.717) is 22.3 Å². The Morgan fingerprint density at radius 3 is 2.73 bits per heavy atom. The quantitative estimate of drug-likeness (QED) is 0.836. The van der Waals surface area contributed by atoms with Crippen LogP contribution in [0.5, 0.6) is 0 Å². The lowest BCUT2D eigenvalue weighted by Crippen LogP contribution is -2.49. The molecule has 6 nitrogen and oxygen atoms in total. The Balaban J connectivity index is 0.00000196. The van der Waals surface area contributed by atoms with Gasteiger partial charge in [0, 0.05) is 55.9 Å². The summed E-state index contributed by atoms with van der Waals surface area (Å²) in [6.45, 7) is 5.75. The summed E-state index contributed by atoms with van der Waals surface area (Å²) < 4.78 is 0. The van der Waals surface area contributed by atoms with Crippen LogP contribution in [0.4, 0.5) is 0 Å². The zero-order valence-electron chi connectivity index (χ0n) is 14.4. The van der Waals surface area contributed by atoms with Crippen molar-refractivity contribution >= 4 is 29.9 Å².